The molecular weight excluding hydrogens is 966 g/mol. The molecular formula is C56H44Cl4N4O6. The number of anilines is 2. The average Bonchev–Trinajstić information content (AvgIpc) is 3.77. The summed E-state index contributed by atoms with van der Waals surface area (Å²) >= 11 is 25.1. The molecule has 0 unspecified atom stereocenters. The molecule has 352 valence electrons. The second kappa shape index (κ2) is 18.8. The maximum atomic E-state index is 14.0. The standard InChI is InChI=1S/2C28H22Cl2N2O3/c1-32(2)26(34)18-7-3-5-16(11-18)21-15-28(22-10-9-20(30)13-24(22)31-27(28)35)23(14-25(21)33)17-6-4-8-19(29)12-17;1-32(2)26(34)18-7-3-5-16(11-18)23-14-21(33)15-24(17-6-4-8-19(29)12-17)28(23)22-10-9-20(30)13-25(22)31-27(28)35/h3-13,15,23H,14H2,1-2H3,(H,31,35);3-14,24H,15H2,1-2H3,(H,31,35)/t23-,28-;24-,28+/m00/s1. The highest BCUT2D eigenvalue weighted by molar-refractivity contribution is 6.33. The zero-order valence-corrected chi connectivity index (χ0v) is 41.3. The summed E-state index contributed by atoms with van der Waals surface area (Å²) < 4.78 is 0. The van der Waals surface area contributed by atoms with E-state index in [1.807, 2.05) is 42.5 Å². The highest BCUT2D eigenvalue weighted by Gasteiger charge is 2.58. The largest absolute Gasteiger partial charge is 0.345 e. The third kappa shape index (κ3) is 8.42. The Morgan fingerprint density at radius 1 is 0.543 bits per heavy atom. The van der Waals surface area contributed by atoms with E-state index >= 15 is 0 Å². The molecule has 0 saturated heterocycles. The number of ketones is 2. The van der Waals surface area contributed by atoms with Gasteiger partial charge in [0.25, 0.3) is 11.8 Å². The molecule has 4 atom stereocenters. The maximum absolute atomic E-state index is 14.0. The minimum Gasteiger partial charge on any atom is -0.345 e. The molecule has 2 spiro atoms. The molecule has 70 heavy (non-hydrogen) atoms. The van der Waals surface area contributed by atoms with Crippen molar-refractivity contribution in [3.05, 3.63) is 210 Å². The molecule has 2 N–H and O–H groups in total. The molecule has 0 saturated carbocycles. The monoisotopic (exact) mass is 1010 g/mol. The van der Waals surface area contributed by atoms with Crippen LogP contribution in [0.15, 0.2) is 146 Å². The number of hydrogen-bond acceptors (Lipinski definition) is 6. The molecule has 2 heterocycles. The first-order valence-electron chi connectivity index (χ1n) is 22.3. The van der Waals surface area contributed by atoms with Crippen LogP contribution in [0.5, 0.6) is 0 Å². The Hall–Kier alpha value is -6.82. The van der Waals surface area contributed by atoms with Crippen LogP contribution in [0.2, 0.25) is 20.1 Å². The predicted molar refractivity (Wildman–Crippen MR) is 276 cm³/mol. The third-order valence-corrected chi connectivity index (χ3v) is 14.4. The fourth-order valence-corrected chi connectivity index (χ4v) is 11.1. The molecule has 4 amide bonds. The van der Waals surface area contributed by atoms with Crippen LogP contribution in [-0.2, 0) is 30.0 Å². The highest BCUT2D eigenvalue weighted by Crippen LogP contribution is 2.59. The van der Waals surface area contributed by atoms with E-state index in [2.05, 4.69) is 10.6 Å². The summed E-state index contributed by atoms with van der Waals surface area (Å²) in [6, 6.07) is 39.2. The Balaban J connectivity index is 0.000000174. The van der Waals surface area contributed by atoms with Crippen molar-refractivity contribution >= 4 is 104 Å². The number of carbonyl (C=O) groups is 6. The van der Waals surface area contributed by atoms with Gasteiger partial charge in [0.2, 0.25) is 11.8 Å². The van der Waals surface area contributed by atoms with E-state index in [0.29, 0.717) is 64.9 Å². The van der Waals surface area contributed by atoms with Crippen molar-refractivity contribution in [1.29, 1.82) is 0 Å². The first-order valence-corrected chi connectivity index (χ1v) is 23.8. The lowest BCUT2D eigenvalue weighted by molar-refractivity contribution is -0.122. The van der Waals surface area contributed by atoms with Crippen LogP contribution in [0.3, 0.4) is 0 Å². The van der Waals surface area contributed by atoms with Gasteiger partial charge >= 0.3 is 0 Å². The van der Waals surface area contributed by atoms with E-state index in [1.54, 1.807) is 131 Å². The van der Waals surface area contributed by atoms with Crippen LogP contribution in [0.4, 0.5) is 11.4 Å². The molecule has 2 aliphatic carbocycles. The van der Waals surface area contributed by atoms with Crippen LogP contribution in [0.25, 0.3) is 11.1 Å². The van der Waals surface area contributed by atoms with Gasteiger partial charge < -0.3 is 20.4 Å². The van der Waals surface area contributed by atoms with E-state index in [0.717, 1.165) is 22.3 Å². The number of amides is 4. The van der Waals surface area contributed by atoms with E-state index in [4.69, 9.17) is 46.4 Å². The van der Waals surface area contributed by atoms with Gasteiger partial charge in [0, 0.05) is 101 Å². The zero-order chi connectivity index (χ0) is 49.8. The summed E-state index contributed by atoms with van der Waals surface area (Å²) in [4.78, 5) is 82.6. The quantitative estimate of drug-likeness (QED) is 0.171. The first kappa shape index (κ1) is 48.2. The Kier molecular flexibility index (Phi) is 13.0. The minimum absolute atomic E-state index is 0.102. The molecule has 14 heteroatoms. The number of allylic oxidation sites excluding steroid dienone is 2. The second-order valence-corrected chi connectivity index (χ2v) is 19.9. The topological polar surface area (TPSA) is 133 Å². The predicted octanol–water partition coefficient (Wildman–Crippen LogP) is 11.5. The number of hydrogen-bond donors (Lipinski definition) is 2. The van der Waals surface area contributed by atoms with Crippen LogP contribution in [-0.4, -0.2) is 73.2 Å². The van der Waals surface area contributed by atoms with Gasteiger partial charge in [-0.05, 0) is 118 Å². The number of fused-ring (bicyclic) bond motifs is 4. The van der Waals surface area contributed by atoms with Gasteiger partial charge in [-0.25, -0.2) is 0 Å². The summed E-state index contributed by atoms with van der Waals surface area (Å²) in [6.07, 6.45) is 3.55. The van der Waals surface area contributed by atoms with E-state index in [9.17, 15) is 28.8 Å². The van der Waals surface area contributed by atoms with E-state index < -0.39 is 22.7 Å². The van der Waals surface area contributed by atoms with Crippen LogP contribution < -0.4 is 10.6 Å². The van der Waals surface area contributed by atoms with Gasteiger partial charge in [-0.1, -0.05) is 113 Å². The van der Waals surface area contributed by atoms with Gasteiger partial charge in [0.05, 0.1) is 0 Å². The summed E-state index contributed by atoms with van der Waals surface area (Å²) in [5, 5.41) is 8.03. The molecule has 0 bridgehead atoms. The third-order valence-electron chi connectivity index (χ3n) is 13.5. The first-order chi connectivity index (χ1) is 33.4. The number of nitrogens with one attached hydrogen (secondary N) is 2. The number of benzene rings is 6. The molecule has 10 nitrogen and oxygen atoms in total. The fraction of sp³-hybridized carbons (Fsp3) is 0.179. The van der Waals surface area contributed by atoms with Gasteiger partial charge in [-0.15, -0.1) is 0 Å². The highest BCUT2D eigenvalue weighted by atomic mass is 35.5. The minimum atomic E-state index is -1.21. The average molecular weight is 1010 g/mol. The van der Waals surface area contributed by atoms with Crippen molar-refractivity contribution < 1.29 is 28.8 Å². The van der Waals surface area contributed by atoms with Crippen molar-refractivity contribution in [3.8, 4) is 0 Å². The lowest BCUT2D eigenvalue weighted by Crippen LogP contribution is -2.45. The van der Waals surface area contributed by atoms with Crippen molar-refractivity contribution in [3.63, 3.8) is 0 Å². The van der Waals surface area contributed by atoms with E-state index in [-0.39, 0.29) is 48.0 Å². The number of nitrogens with zero attached hydrogens (tertiary/aromatic N) is 2. The van der Waals surface area contributed by atoms with Crippen LogP contribution in [0, 0.1) is 0 Å². The molecule has 0 aromatic heterocycles. The van der Waals surface area contributed by atoms with Gasteiger partial charge in [0.1, 0.15) is 10.8 Å². The molecule has 0 fully saturated rings. The number of rotatable bonds is 6. The Morgan fingerprint density at radius 2 is 1.04 bits per heavy atom. The lowest BCUT2D eigenvalue weighted by Gasteiger charge is -2.41. The smallest absolute Gasteiger partial charge is 0.253 e. The lowest BCUT2D eigenvalue weighted by atomic mass is 9.58. The fourth-order valence-electron chi connectivity index (χ4n) is 10.4. The Labute approximate surface area is 424 Å². The van der Waals surface area contributed by atoms with Gasteiger partial charge in [0.15, 0.2) is 11.6 Å². The van der Waals surface area contributed by atoms with Crippen molar-refractivity contribution in [2.24, 2.45) is 0 Å². The number of Topliss-reactive ketones (excluding diaryl/α,β-unsaturated/α-hetero) is 1. The number of halogens is 4. The molecule has 0 radical (unpaired) electrons. The van der Waals surface area contributed by atoms with Crippen molar-refractivity contribution in [1.82, 2.24) is 9.80 Å². The maximum Gasteiger partial charge on any atom is 0.253 e. The van der Waals surface area contributed by atoms with Gasteiger partial charge in [-0.2, -0.15) is 0 Å². The van der Waals surface area contributed by atoms with Crippen LogP contribution >= 0.6 is 46.4 Å². The molecule has 10 rings (SSSR count). The van der Waals surface area contributed by atoms with Crippen LogP contribution in [0.1, 0.15) is 78.8 Å². The molecule has 6 aromatic carbocycles. The number of carbonyl (C=O) groups excluding carboxylic acids is 6. The molecule has 6 aromatic rings. The Morgan fingerprint density at radius 3 is 1.63 bits per heavy atom. The molecule has 4 aliphatic rings. The molecule has 2 aliphatic heterocycles. The zero-order valence-electron chi connectivity index (χ0n) is 38.3. The summed E-state index contributed by atoms with van der Waals surface area (Å²) in [7, 11) is 6.71. The normalized spacial score (nSPS) is 20.9. The Bertz CT molecular complexity index is 3290. The van der Waals surface area contributed by atoms with Crippen molar-refractivity contribution in [2.75, 3.05) is 38.8 Å². The summed E-state index contributed by atoms with van der Waals surface area (Å²) in [5.74, 6) is -2.00. The van der Waals surface area contributed by atoms with E-state index in [1.165, 1.54) is 9.80 Å². The SMILES string of the molecule is CN(C)C(=O)c1cccc(C2=CC(=O)C[C@@H](c3cccc(Cl)c3)[C@]23C(=O)Nc2cc(Cl)ccc23)c1.CN(C)C(=O)c1cccc(C2=C[C@@]3(C(=O)Nc4cc(Cl)ccc43)[C@H](c3cccc(Cl)c3)CC2=O)c1. The summed E-state index contributed by atoms with van der Waals surface area (Å²) in [6.45, 7) is 0. The second-order valence-electron chi connectivity index (χ2n) is 18.2. The summed E-state index contributed by atoms with van der Waals surface area (Å²) in [5.41, 5.74) is 5.08. The van der Waals surface area contributed by atoms with Crippen molar-refractivity contribution in [2.45, 2.75) is 35.5 Å². The van der Waals surface area contributed by atoms with Gasteiger partial charge in [-0.3, -0.25) is 28.8 Å².